The minimum absolute atomic E-state index is 0.185. The van der Waals surface area contributed by atoms with E-state index >= 15 is 0 Å². The molecule has 1 atom stereocenters. The normalized spacial score (nSPS) is 12.8. The molecule has 0 spiro atoms. The molecule has 0 aliphatic heterocycles. The molecular weight excluding hydrogens is 250 g/mol. The van der Waals surface area contributed by atoms with Crippen molar-refractivity contribution < 1.29 is 8.42 Å². The van der Waals surface area contributed by atoms with Gasteiger partial charge in [0.05, 0.1) is 11.8 Å². The molecule has 0 aliphatic carbocycles. The molecule has 86 valence electrons. The number of sulfonamides is 1. The van der Waals surface area contributed by atoms with Crippen LogP contribution in [0.4, 0.5) is 5.69 Å². The van der Waals surface area contributed by atoms with Crippen LogP contribution in [0.3, 0.4) is 0 Å². The molecule has 1 aromatic rings. The molecule has 0 saturated heterocycles. The van der Waals surface area contributed by atoms with Gasteiger partial charge in [0.1, 0.15) is 5.15 Å². The van der Waals surface area contributed by atoms with Gasteiger partial charge in [-0.1, -0.05) is 18.5 Å². The Labute approximate surface area is 99.1 Å². The quantitative estimate of drug-likeness (QED) is 0.836. The van der Waals surface area contributed by atoms with E-state index in [9.17, 15) is 8.42 Å². The maximum atomic E-state index is 11.7. The Hall–Kier alpha value is -1.32. The van der Waals surface area contributed by atoms with E-state index in [1.54, 1.807) is 13.0 Å². The van der Waals surface area contributed by atoms with Crippen molar-refractivity contribution >= 4 is 27.3 Å². The van der Waals surface area contributed by atoms with E-state index in [-0.39, 0.29) is 11.6 Å². The fourth-order valence-electron chi connectivity index (χ4n) is 1.08. The maximum absolute atomic E-state index is 11.7. The van der Waals surface area contributed by atoms with Gasteiger partial charge in [-0.05, 0) is 18.6 Å². The number of anilines is 1. The van der Waals surface area contributed by atoms with Crippen LogP contribution in [0, 0.1) is 11.3 Å². The number of nitriles is 1. The van der Waals surface area contributed by atoms with E-state index < -0.39 is 15.3 Å². The van der Waals surface area contributed by atoms with Crippen LogP contribution in [0.1, 0.15) is 13.3 Å². The lowest BCUT2D eigenvalue weighted by atomic mass is 10.4. The minimum atomic E-state index is -3.69. The van der Waals surface area contributed by atoms with Crippen molar-refractivity contribution in [2.45, 2.75) is 18.6 Å². The lowest BCUT2D eigenvalue weighted by Crippen LogP contribution is -2.25. The summed E-state index contributed by atoms with van der Waals surface area (Å²) >= 11 is 5.61. The molecule has 0 radical (unpaired) electrons. The summed E-state index contributed by atoms with van der Waals surface area (Å²) in [5.74, 6) is 0. The number of hydrogen-bond acceptors (Lipinski definition) is 4. The molecular formula is C9H10ClN3O2S. The Morgan fingerprint density at radius 1 is 1.69 bits per heavy atom. The van der Waals surface area contributed by atoms with Crippen LogP contribution in [0.5, 0.6) is 0 Å². The third-order valence-electron chi connectivity index (χ3n) is 1.88. The summed E-state index contributed by atoms with van der Waals surface area (Å²) in [7, 11) is -3.69. The molecule has 0 bridgehead atoms. The number of hydrogen-bond donors (Lipinski definition) is 1. The highest BCUT2D eigenvalue weighted by atomic mass is 35.5. The van der Waals surface area contributed by atoms with Crippen molar-refractivity contribution in [3.63, 3.8) is 0 Å². The summed E-state index contributed by atoms with van der Waals surface area (Å²) in [5, 5.41) is 7.80. The van der Waals surface area contributed by atoms with Crippen molar-refractivity contribution in [3.05, 3.63) is 23.5 Å². The smallest absolute Gasteiger partial charge is 0.249 e. The Morgan fingerprint density at radius 3 is 2.88 bits per heavy atom. The largest absolute Gasteiger partial charge is 0.282 e. The number of halogens is 1. The molecule has 16 heavy (non-hydrogen) atoms. The van der Waals surface area contributed by atoms with Crippen LogP contribution in [0.25, 0.3) is 0 Å². The molecule has 0 saturated carbocycles. The molecule has 0 aromatic carbocycles. The fourth-order valence-corrected chi connectivity index (χ4v) is 2.43. The number of nitrogens with one attached hydrogen (secondary N) is 1. The summed E-state index contributed by atoms with van der Waals surface area (Å²) in [4.78, 5) is 3.72. The van der Waals surface area contributed by atoms with E-state index in [0.717, 1.165) is 0 Å². The molecule has 5 nitrogen and oxygen atoms in total. The van der Waals surface area contributed by atoms with Gasteiger partial charge in [0, 0.05) is 6.20 Å². The second kappa shape index (κ2) is 5.14. The molecule has 7 heteroatoms. The first-order valence-corrected chi connectivity index (χ1v) is 6.45. The van der Waals surface area contributed by atoms with Gasteiger partial charge >= 0.3 is 0 Å². The zero-order valence-corrected chi connectivity index (χ0v) is 10.1. The first-order chi connectivity index (χ1) is 7.49. The van der Waals surface area contributed by atoms with Crippen LogP contribution in [-0.2, 0) is 10.0 Å². The third-order valence-corrected chi connectivity index (χ3v) is 3.79. The van der Waals surface area contributed by atoms with Crippen LogP contribution >= 0.6 is 11.6 Å². The van der Waals surface area contributed by atoms with Gasteiger partial charge in [0.15, 0.2) is 5.25 Å². The molecule has 0 amide bonds. The van der Waals surface area contributed by atoms with Gasteiger partial charge < -0.3 is 0 Å². The van der Waals surface area contributed by atoms with E-state index in [1.165, 1.54) is 18.3 Å². The molecule has 1 N–H and O–H groups in total. The van der Waals surface area contributed by atoms with E-state index in [2.05, 4.69) is 9.71 Å². The first kappa shape index (κ1) is 12.7. The highest BCUT2D eigenvalue weighted by Gasteiger charge is 2.23. The average molecular weight is 260 g/mol. The molecule has 0 fully saturated rings. The Kier molecular flexibility index (Phi) is 4.10. The highest BCUT2D eigenvalue weighted by Crippen LogP contribution is 2.16. The lowest BCUT2D eigenvalue weighted by Gasteiger charge is -2.10. The van der Waals surface area contributed by atoms with Gasteiger partial charge in [0.2, 0.25) is 10.0 Å². The van der Waals surface area contributed by atoms with E-state index in [0.29, 0.717) is 5.69 Å². The highest BCUT2D eigenvalue weighted by molar-refractivity contribution is 7.93. The SMILES string of the molecule is CCC(C#N)S(=O)(=O)Nc1ccnc(Cl)c1. The summed E-state index contributed by atoms with van der Waals surface area (Å²) in [6.45, 7) is 1.63. The van der Waals surface area contributed by atoms with Gasteiger partial charge in [-0.2, -0.15) is 5.26 Å². The van der Waals surface area contributed by atoms with Crippen molar-refractivity contribution in [3.8, 4) is 6.07 Å². The van der Waals surface area contributed by atoms with Crippen LogP contribution in [0.2, 0.25) is 5.15 Å². The lowest BCUT2D eigenvalue weighted by molar-refractivity contribution is 0.593. The Balaban J connectivity index is 2.94. The number of nitrogens with zero attached hydrogens (tertiary/aromatic N) is 2. The molecule has 0 aliphatic rings. The van der Waals surface area contributed by atoms with Crippen LogP contribution in [-0.4, -0.2) is 18.7 Å². The Morgan fingerprint density at radius 2 is 2.38 bits per heavy atom. The van der Waals surface area contributed by atoms with Crippen molar-refractivity contribution in [1.82, 2.24) is 4.98 Å². The van der Waals surface area contributed by atoms with Gasteiger partial charge in [-0.25, -0.2) is 13.4 Å². The summed E-state index contributed by atoms with van der Waals surface area (Å²) in [6.07, 6.45) is 1.61. The second-order valence-electron chi connectivity index (χ2n) is 3.04. The van der Waals surface area contributed by atoms with Crippen LogP contribution < -0.4 is 4.72 Å². The van der Waals surface area contributed by atoms with Gasteiger partial charge in [0.25, 0.3) is 0 Å². The minimum Gasteiger partial charge on any atom is -0.282 e. The predicted octanol–water partition coefficient (Wildman–Crippen LogP) is 1.78. The van der Waals surface area contributed by atoms with Crippen LogP contribution in [0.15, 0.2) is 18.3 Å². The molecule has 1 aromatic heterocycles. The van der Waals surface area contributed by atoms with E-state index in [4.69, 9.17) is 16.9 Å². The maximum Gasteiger partial charge on any atom is 0.249 e. The standard InChI is InChI=1S/C9H10ClN3O2S/c1-2-8(6-11)16(14,15)13-7-3-4-12-9(10)5-7/h3-5,8H,2H2,1H3,(H,12,13). The van der Waals surface area contributed by atoms with Gasteiger partial charge in [-0.15, -0.1) is 0 Å². The third kappa shape index (κ3) is 3.08. The summed E-state index contributed by atoms with van der Waals surface area (Å²) in [6, 6.07) is 4.57. The molecule has 1 rings (SSSR count). The van der Waals surface area contributed by atoms with E-state index in [1.807, 2.05) is 0 Å². The van der Waals surface area contributed by atoms with Crippen molar-refractivity contribution in [2.24, 2.45) is 0 Å². The number of pyridine rings is 1. The zero-order chi connectivity index (χ0) is 12.2. The monoisotopic (exact) mass is 259 g/mol. The summed E-state index contributed by atoms with van der Waals surface area (Å²) in [5.41, 5.74) is 0.300. The molecule has 1 unspecified atom stereocenters. The zero-order valence-electron chi connectivity index (χ0n) is 8.51. The average Bonchev–Trinajstić information content (AvgIpc) is 2.18. The van der Waals surface area contributed by atoms with Crippen molar-refractivity contribution in [1.29, 1.82) is 5.26 Å². The number of rotatable bonds is 4. The number of aromatic nitrogens is 1. The van der Waals surface area contributed by atoms with Crippen molar-refractivity contribution in [2.75, 3.05) is 4.72 Å². The van der Waals surface area contributed by atoms with Gasteiger partial charge in [-0.3, -0.25) is 4.72 Å². The predicted molar refractivity (Wildman–Crippen MR) is 61.5 cm³/mol. The summed E-state index contributed by atoms with van der Waals surface area (Å²) < 4.78 is 25.6. The topological polar surface area (TPSA) is 82.8 Å². The Bertz CT molecular complexity index is 510. The fraction of sp³-hybridized carbons (Fsp3) is 0.333. The first-order valence-electron chi connectivity index (χ1n) is 4.52. The second-order valence-corrected chi connectivity index (χ2v) is 5.29. The molecule has 1 heterocycles.